The molecule has 7 heteroatoms. The van der Waals surface area contributed by atoms with Crippen molar-refractivity contribution in [1.82, 2.24) is 20.6 Å². The molecule has 0 radical (unpaired) electrons. The van der Waals surface area contributed by atoms with Gasteiger partial charge in [-0.1, -0.05) is 36.4 Å². The minimum Gasteiger partial charge on any atom is -0.504 e. The van der Waals surface area contributed by atoms with Crippen LogP contribution < -0.4 is 0 Å². The molecule has 0 unspecified atom stereocenters. The first-order valence-corrected chi connectivity index (χ1v) is 7.89. The highest BCUT2D eigenvalue weighted by Crippen LogP contribution is 2.35. The largest absolute Gasteiger partial charge is 0.504 e. The van der Waals surface area contributed by atoms with Gasteiger partial charge in [0.1, 0.15) is 5.82 Å². The molecule has 0 atom stereocenters. The summed E-state index contributed by atoms with van der Waals surface area (Å²) >= 11 is 0. The van der Waals surface area contributed by atoms with Crippen LogP contribution in [0.15, 0.2) is 60.4 Å². The summed E-state index contributed by atoms with van der Waals surface area (Å²) in [5, 5.41) is 23.7. The van der Waals surface area contributed by atoms with Gasteiger partial charge in [0, 0.05) is 12.0 Å². The number of halogens is 1. The number of carbonyl (C=O) groups excluding carboxylic acids is 1. The van der Waals surface area contributed by atoms with Crippen LogP contribution in [0.1, 0.15) is 17.5 Å². The first kappa shape index (κ1) is 15.9. The summed E-state index contributed by atoms with van der Waals surface area (Å²) in [5.74, 6) is -0.521. The van der Waals surface area contributed by atoms with Gasteiger partial charge in [-0.25, -0.2) is 4.39 Å². The van der Waals surface area contributed by atoms with Crippen molar-refractivity contribution >= 4 is 16.9 Å². The molecule has 6 nitrogen and oxygen atoms in total. The lowest BCUT2D eigenvalue weighted by molar-refractivity contribution is -0.117. The summed E-state index contributed by atoms with van der Waals surface area (Å²) in [6.07, 6.45) is 1.50. The number of aromatic nitrogens is 4. The number of Topliss-reactive ketones (excluding diaryl/α,β-unsaturated/α-hetero) is 1. The van der Waals surface area contributed by atoms with E-state index in [1.807, 2.05) is 24.3 Å². The maximum atomic E-state index is 13.2. The van der Waals surface area contributed by atoms with Crippen molar-refractivity contribution in [2.24, 2.45) is 0 Å². The van der Waals surface area contributed by atoms with E-state index in [0.29, 0.717) is 11.4 Å². The molecule has 0 fully saturated rings. The van der Waals surface area contributed by atoms with E-state index in [4.69, 9.17) is 0 Å². The normalized spacial score (nSPS) is 14.5. The Morgan fingerprint density at radius 2 is 1.62 bits per heavy atom. The quantitative estimate of drug-likeness (QED) is 0.757. The molecule has 1 aromatic heterocycles. The second-order valence-electron chi connectivity index (χ2n) is 5.84. The molecule has 0 aliphatic heterocycles. The van der Waals surface area contributed by atoms with Gasteiger partial charge in [0.2, 0.25) is 11.6 Å². The fraction of sp³-hybridized carbons (Fsp3) is 0.0526. The number of nitrogens with one attached hydrogen (secondary N) is 1. The molecule has 0 saturated heterocycles. The van der Waals surface area contributed by atoms with E-state index in [1.54, 1.807) is 12.1 Å². The molecule has 1 heterocycles. The Morgan fingerprint density at radius 1 is 0.962 bits per heavy atom. The van der Waals surface area contributed by atoms with Crippen molar-refractivity contribution in [3.05, 3.63) is 77.3 Å². The summed E-state index contributed by atoms with van der Waals surface area (Å²) in [5.41, 5.74) is 3.79. The third kappa shape index (κ3) is 2.90. The number of aliphatic hydroxyl groups is 1. The van der Waals surface area contributed by atoms with Gasteiger partial charge >= 0.3 is 0 Å². The van der Waals surface area contributed by atoms with Crippen molar-refractivity contribution < 1.29 is 14.3 Å². The zero-order valence-electron chi connectivity index (χ0n) is 13.5. The number of tetrazole rings is 1. The predicted octanol–water partition coefficient (Wildman–Crippen LogP) is 3.33. The van der Waals surface area contributed by atoms with Crippen LogP contribution in [-0.2, 0) is 4.79 Å². The molecule has 2 aromatic carbocycles. The van der Waals surface area contributed by atoms with Crippen LogP contribution in [0.5, 0.6) is 0 Å². The Bertz CT molecular complexity index is 1020. The highest BCUT2D eigenvalue weighted by atomic mass is 19.1. The molecule has 0 saturated carbocycles. The number of benzene rings is 2. The number of allylic oxidation sites excluding steroid dienone is 4. The number of aliphatic hydroxyl groups excluding tert-OH is 1. The number of carbonyl (C=O) groups is 1. The van der Waals surface area contributed by atoms with Gasteiger partial charge in [0.25, 0.3) is 0 Å². The SMILES string of the molecule is O=C1CC(c2ccc(F)cc2)=C(c2ccc(-c3nn[nH]n3)cc2)C=C1O. The second-order valence-corrected chi connectivity index (χ2v) is 5.84. The standard InChI is InChI=1S/C19H13FN4O2/c20-14-7-5-12(6-8-14)16-10-18(26)17(25)9-15(16)11-1-3-13(4-2-11)19-21-23-24-22-19/h1-9,25H,10H2,(H,21,22,23,24). The molecule has 1 aliphatic carbocycles. The third-order valence-corrected chi connectivity index (χ3v) is 4.22. The summed E-state index contributed by atoms with van der Waals surface area (Å²) in [4.78, 5) is 12.0. The summed E-state index contributed by atoms with van der Waals surface area (Å²) in [6, 6.07) is 13.3. The van der Waals surface area contributed by atoms with Gasteiger partial charge in [-0.05, 0) is 45.7 Å². The van der Waals surface area contributed by atoms with Crippen molar-refractivity contribution in [3.63, 3.8) is 0 Å². The zero-order chi connectivity index (χ0) is 18.1. The van der Waals surface area contributed by atoms with E-state index >= 15 is 0 Å². The minimum absolute atomic E-state index is 0.0515. The number of nitrogens with zero attached hydrogens (tertiary/aromatic N) is 3. The Labute approximate surface area is 147 Å². The highest BCUT2D eigenvalue weighted by Gasteiger charge is 2.22. The van der Waals surface area contributed by atoms with Gasteiger partial charge in [-0.15, -0.1) is 10.2 Å². The molecule has 4 rings (SSSR count). The summed E-state index contributed by atoms with van der Waals surface area (Å²) in [7, 11) is 0. The lowest BCUT2D eigenvalue weighted by atomic mass is 9.86. The van der Waals surface area contributed by atoms with Crippen molar-refractivity contribution in [2.45, 2.75) is 6.42 Å². The smallest absolute Gasteiger partial charge is 0.204 e. The molecular formula is C19H13FN4O2. The molecule has 2 N–H and O–H groups in total. The van der Waals surface area contributed by atoms with Crippen LogP contribution in [0.25, 0.3) is 22.5 Å². The first-order valence-electron chi connectivity index (χ1n) is 7.89. The van der Waals surface area contributed by atoms with Gasteiger partial charge in [0.05, 0.1) is 0 Å². The number of aromatic amines is 1. The van der Waals surface area contributed by atoms with Gasteiger partial charge < -0.3 is 5.11 Å². The fourth-order valence-corrected chi connectivity index (χ4v) is 2.90. The monoisotopic (exact) mass is 348 g/mol. The maximum Gasteiger partial charge on any atom is 0.204 e. The Kier molecular flexibility index (Phi) is 3.89. The maximum absolute atomic E-state index is 13.2. The topological polar surface area (TPSA) is 91.8 Å². The van der Waals surface area contributed by atoms with Crippen LogP contribution in [-0.4, -0.2) is 31.5 Å². The lowest BCUT2D eigenvalue weighted by Gasteiger charge is -2.18. The first-order chi connectivity index (χ1) is 12.6. The van der Waals surface area contributed by atoms with Crippen LogP contribution in [0.3, 0.4) is 0 Å². The number of H-pyrrole nitrogens is 1. The minimum atomic E-state index is -0.364. The van der Waals surface area contributed by atoms with Crippen molar-refractivity contribution in [3.8, 4) is 11.4 Å². The number of rotatable bonds is 3. The molecule has 0 amide bonds. The summed E-state index contributed by atoms with van der Waals surface area (Å²) < 4.78 is 13.2. The van der Waals surface area contributed by atoms with Gasteiger partial charge in [0.15, 0.2) is 5.76 Å². The predicted molar refractivity (Wildman–Crippen MR) is 93.2 cm³/mol. The molecule has 26 heavy (non-hydrogen) atoms. The Balaban J connectivity index is 1.80. The molecule has 3 aromatic rings. The van der Waals surface area contributed by atoms with E-state index < -0.39 is 0 Å². The lowest BCUT2D eigenvalue weighted by Crippen LogP contribution is -2.10. The van der Waals surface area contributed by atoms with Gasteiger partial charge in [-0.2, -0.15) is 5.21 Å². The average Bonchev–Trinajstić information content (AvgIpc) is 3.19. The van der Waals surface area contributed by atoms with Crippen LogP contribution in [0.4, 0.5) is 4.39 Å². The highest BCUT2D eigenvalue weighted by molar-refractivity contribution is 6.12. The van der Waals surface area contributed by atoms with E-state index in [-0.39, 0.29) is 23.8 Å². The van der Waals surface area contributed by atoms with E-state index in [1.165, 1.54) is 18.2 Å². The summed E-state index contributed by atoms with van der Waals surface area (Å²) in [6.45, 7) is 0. The van der Waals surface area contributed by atoms with Crippen molar-refractivity contribution in [1.29, 1.82) is 0 Å². The number of ketones is 1. The molecular weight excluding hydrogens is 335 g/mol. The zero-order valence-corrected chi connectivity index (χ0v) is 13.5. The molecule has 0 bridgehead atoms. The molecule has 128 valence electrons. The second kappa shape index (κ2) is 6.36. The van der Waals surface area contributed by atoms with Crippen LogP contribution >= 0.6 is 0 Å². The third-order valence-electron chi connectivity index (χ3n) is 4.22. The van der Waals surface area contributed by atoms with Gasteiger partial charge in [-0.3, -0.25) is 4.79 Å². The Hall–Kier alpha value is -3.61. The molecule has 0 spiro atoms. The van der Waals surface area contributed by atoms with E-state index in [0.717, 1.165) is 22.3 Å². The Morgan fingerprint density at radius 3 is 2.27 bits per heavy atom. The van der Waals surface area contributed by atoms with Crippen LogP contribution in [0, 0.1) is 5.82 Å². The number of hydrogen-bond donors (Lipinski definition) is 2. The molecule has 1 aliphatic rings. The fourth-order valence-electron chi connectivity index (χ4n) is 2.90. The van der Waals surface area contributed by atoms with E-state index in [2.05, 4.69) is 20.6 Å². The number of hydrogen-bond acceptors (Lipinski definition) is 5. The van der Waals surface area contributed by atoms with Crippen molar-refractivity contribution in [2.75, 3.05) is 0 Å². The van der Waals surface area contributed by atoms with E-state index in [9.17, 15) is 14.3 Å². The van der Waals surface area contributed by atoms with Crippen LogP contribution in [0.2, 0.25) is 0 Å². The average molecular weight is 348 g/mol.